The molecule has 0 bridgehead atoms. The molecule has 0 saturated carbocycles. The second-order valence-corrected chi connectivity index (χ2v) is 8.33. The lowest BCUT2D eigenvalue weighted by Crippen LogP contribution is -1.91. The van der Waals surface area contributed by atoms with E-state index in [1.54, 1.807) is 0 Å². The Kier molecular flexibility index (Phi) is 5.30. The zero-order valence-corrected chi connectivity index (χ0v) is 17.1. The van der Waals surface area contributed by atoms with Gasteiger partial charge in [0.15, 0.2) is 0 Å². The van der Waals surface area contributed by atoms with Crippen LogP contribution >= 0.6 is 46.1 Å². The number of hydrogen-bond acceptors (Lipinski definition) is 6. The van der Waals surface area contributed by atoms with Gasteiger partial charge in [-0.05, 0) is 54.1 Å². The van der Waals surface area contributed by atoms with Gasteiger partial charge in [-0.2, -0.15) is 0 Å². The zero-order valence-electron chi connectivity index (χ0n) is 13.5. The van der Waals surface area contributed by atoms with E-state index >= 15 is 0 Å². The van der Waals surface area contributed by atoms with Gasteiger partial charge in [-0.1, -0.05) is 12.1 Å². The molecule has 0 unspecified atom stereocenters. The van der Waals surface area contributed by atoms with Crippen LogP contribution in [-0.2, 0) is 6.61 Å². The van der Waals surface area contributed by atoms with Crippen molar-refractivity contribution in [3.8, 4) is 0 Å². The van der Waals surface area contributed by atoms with Crippen LogP contribution in [0, 0.1) is 0 Å². The third kappa shape index (κ3) is 3.95. The third-order valence-corrected chi connectivity index (χ3v) is 5.72. The summed E-state index contributed by atoms with van der Waals surface area (Å²) in [7, 11) is -1.59. The van der Waals surface area contributed by atoms with Crippen molar-refractivity contribution in [3.63, 3.8) is 0 Å². The van der Waals surface area contributed by atoms with Gasteiger partial charge in [0.2, 0.25) is 0 Å². The van der Waals surface area contributed by atoms with Crippen molar-refractivity contribution in [3.05, 3.63) is 66.2 Å². The summed E-state index contributed by atoms with van der Waals surface area (Å²) >= 11 is 13.2. The normalized spacial score (nSPS) is 11.2. The molecule has 0 saturated heterocycles. The molecule has 26 heavy (non-hydrogen) atoms. The smallest absolute Gasteiger partial charge is 0.387 e. The highest BCUT2D eigenvalue weighted by Crippen LogP contribution is 2.35. The highest BCUT2D eigenvalue weighted by molar-refractivity contribution is 7.80. The molecular formula is C19H15O3PS3. The van der Waals surface area contributed by atoms with Gasteiger partial charge in [0.25, 0.3) is 0 Å². The number of rotatable bonds is 3. The molecule has 1 aromatic heterocycles. The first-order valence-corrected chi connectivity index (χ1v) is 10.3. The van der Waals surface area contributed by atoms with Gasteiger partial charge in [-0.25, -0.2) is 0 Å². The molecule has 4 rings (SSSR count). The molecule has 0 aliphatic rings. The van der Waals surface area contributed by atoms with E-state index in [4.69, 9.17) is 12.9 Å². The van der Waals surface area contributed by atoms with Crippen molar-refractivity contribution in [2.24, 2.45) is 0 Å². The van der Waals surface area contributed by atoms with Crippen molar-refractivity contribution in [2.45, 2.75) is 21.3 Å². The summed E-state index contributed by atoms with van der Waals surface area (Å²) in [4.78, 5) is 2.61. The first-order valence-electron chi connectivity index (χ1n) is 7.82. The largest absolute Gasteiger partial charge is 0.399 e. The Labute approximate surface area is 168 Å². The summed E-state index contributed by atoms with van der Waals surface area (Å²) in [6, 6.07) is 19.2. The number of thiol groups is 3. The molecule has 132 valence electrons. The Hall–Kier alpha value is -1.43. The van der Waals surface area contributed by atoms with Gasteiger partial charge < -0.3 is 8.39 Å². The highest BCUT2D eigenvalue weighted by Gasteiger charge is 2.08. The Bertz CT molecular complexity index is 1060. The fourth-order valence-corrected chi connectivity index (χ4v) is 4.16. The van der Waals surface area contributed by atoms with Crippen molar-refractivity contribution in [1.82, 2.24) is 0 Å². The fourth-order valence-electron chi connectivity index (χ4n) is 2.57. The molecule has 0 radical (unpaired) electrons. The van der Waals surface area contributed by atoms with Crippen LogP contribution in [0.25, 0.3) is 21.9 Å². The molecule has 0 amide bonds. The minimum atomic E-state index is -1.59. The van der Waals surface area contributed by atoms with Crippen LogP contribution in [0.4, 0.5) is 0 Å². The van der Waals surface area contributed by atoms with Crippen LogP contribution in [0.3, 0.4) is 0 Å². The van der Waals surface area contributed by atoms with E-state index < -0.39 is 8.24 Å². The lowest BCUT2D eigenvalue weighted by molar-refractivity contribution is 0.364. The maximum absolute atomic E-state index is 6.03. The first-order chi connectivity index (χ1) is 12.6. The molecule has 0 atom stereocenters. The van der Waals surface area contributed by atoms with Gasteiger partial charge in [0.1, 0.15) is 11.2 Å². The van der Waals surface area contributed by atoms with Crippen molar-refractivity contribution in [2.75, 3.05) is 0 Å². The van der Waals surface area contributed by atoms with Crippen molar-refractivity contribution in [1.29, 1.82) is 0 Å². The summed E-state index contributed by atoms with van der Waals surface area (Å²) in [6.45, 7) is 0.389. The van der Waals surface area contributed by atoms with Gasteiger partial charge >= 0.3 is 8.24 Å². The van der Waals surface area contributed by atoms with E-state index in [1.807, 2.05) is 60.7 Å². The quantitative estimate of drug-likeness (QED) is 0.321. The summed E-state index contributed by atoms with van der Waals surface area (Å²) in [5, 5.41) is 1.83. The highest BCUT2D eigenvalue weighted by atomic mass is 32.1. The standard InChI is InChI=1S/C19H15O3PS3/c24-13-3-1-12(2-4-13)11-20-23-21-18-7-5-14(25)9-16(18)17-10-15(26)6-8-19(17)22-23/h1-10,24-26H,11H2. The van der Waals surface area contributed by atoms with Crippen LogP contribution in [0.2, 0.25) is 0 Å². The van der Waals surface area contributed by atoms with Gasteiger partial charge in [0.05, 0.1) is 6.61 Å². The summed E-state index contributed by atoms with van der Waals surface area (Å²) < 4.78 is 18.0. The van der Waals surface area contributed by atoms with Gasteiger partial charge in [0, 0.05) is 25.5 Å². The minimum Gasteiger partial charge on any atom is -0.399 e. The van der Waals surface area contributed by atoms with Crippen LogP contribution in [0.1, 0.15) is 5.56 Å². The van der Waals surface area contributed by atoms with Crippen LogP contribution in [0.15, 0.2) is 83.7 Å². The number of hydrogen-bond donors (Lipinski definition) is 3. The predicted molar refractivity (Wildman–Crippen MR) is 115 cm³/mol. The van der Waals surface area contributed by atoms with Crippen molar-refractivity contribution >= 4 is 68.1 Å². The zero-order chi connectivity index (χ0) is 18.1. The molecule has 0 spiro atoms. The van der Waals surface area contributed by atoms with E-state index in [-0.39, 0.29) is 0 Å². The summed E-state index contributed by atoms with van der Waals surface area (Å²) in [6.07, 6.45) is 0. The second kappa shape index (κ2) is 7.67. The fraction of sp³-hybridized carbons (Fsp3) is 0.0526. The summed E-state index contributed by atoms with van der Waals surface area (Å²) in [5.74, 6) is 0. The number of fused-ring (bicyclic) bond motifs is 3. The molecule has 1 heterocycles. The van der Waals surface area contributed by atoms with Gasteiger partial charge in [-0.15, -0.1) is 37.9 Å². The predicted octanol–water partition coefficient (Wildman–Crippen LogP) is 6.78. The third-order valence-electron chi connectivity index (χ3n) is 3.84. The first kappa shape index (κ1) is 18.0. The minimum absolute atomic E-state index is 0.389. The second-order valence-electron chi connectivity index (χ2n) is 5.71. The Balaban J connectivity index is 1.83. The van der Waals surface area contributed by atoms with Crippen molar-refractivity contribution < 1.29 is 12.9 Å². The molecule has 0 aliphatic carbocycles. The lowest BCUT2D eigenvalue weighted by Gasteiger charge is -2.01. The van der Waals surface area contributed by atoms with E-state index in [0.717, 1.165) is 31.0 Å². The Morgan fingerprint density at radius 3 is 1.73 bits per heavy atom. The molecule has 0 fully saturated rings. The van der Waals surface area contributed by atoms with E-state index in [2.05, 4.69) is 37.9 Å². The monoisotopic (exact) mass is 418 g/mol. The van der Waals surface area contributed by atoms with Gasteiger partial charge in [-0.3, -0.25) is 4.52 Å². The molecule has 3 aromatic carbocycles. The molecule has 0 aliphatic heterocycles. The maximum atomic E-state index is 6.03. The van der Waals surface area contributed by atoms with Crippen LogP contribution < -0.4 is 4.52 Å². The maximum Gasteiger partial charge on any atom is 0.387 e. The molecule has 3 nitrogen and oxygen atoms in total. The van der Waals surface area contributed by atoms with E-state index in [1.165, 1.54) is 0 Å². The van der Waals surface area contributed by atoms with E-state index in [9.17, 15) is 0 Å². The number of benzene rings is 3. The topological polar surface area (TPSA) is 35.5 Å². The Morgan fingerprint density at radius 2 is 1.19 bits per heavy atom. The van der Waals surface area contributed by atoms with E-state index in [0.29, 0.717) is 17.8 Å². The average Bonchev–Trinajstić information content (AvgIpc) is 2.78. The molecular weight excluding hydrogens is 403 g/mol. The van der Waals surface area contributed by atoms with Crippen LogP contribution in [0.5, 0.6) is 0 Å². The van der Waals surface area contributed by atoms with Crippen LogP contribution in [-0.4, -0.2) is 0 Å². The molecule has 4 aromatic rings. The SMILES string of the molecule is Sc1ccc(COp2oc3ccc(S)cc3c3cc(S)ccc3o2)cc1. The summed E-state index contributed by atoms with van der Waals surface area (Å²) in [5.41, 5.74) is 2.44. The Morgan fingerprint density at radius 1 is 0.692 bits per heavy atom. The molecule has 7 heteroatoms. The average molecular weight is 419 g/mol. The lowest BCUT2D eigenvalue weighted by atomic mass is 10.1. The molecule has 0 N–H and O–H groups in total.